The van der Waals surface area contributed by atoms with Gasteiger partial charge in [-0.05, 0) is 37.2 Å². The Hall–Kier alpha value is -1.02. The first-order chi connectivity index (χ1) is 8.07. The van der Waals surface area contributed by atoms with Gasteiger partial charge in [0.05, 0.1) is 12.7 Å². The number of ether oxygens (including phenoxy) is 1. The van der Waals surface area contributed by atoms with Crippen LogP contribution in [0.5, 0.6) is 0 Å². The second kappa shape index (κ2) is 5.09. The second-order valence-corrected chi connectivity index (χ2v) is 5.87. The molecule has 0 amide bonds. The highest BCUT2D eigenvalue weighted by Gasteiger charge is 2.27. The van der Waals surface area contributed by atoms with E-state index in [1.54, 1.807) is 0 Å². The summed E-state index contributed by atoms with van der Waals surface area (Å²) in [6.07, 6.45) is 5.31. The molecule has 0 aliphatic heterocycles. The number of nitrogen functional groups attached to an aromatic ring is 1. The van der Waals surface area contributed by atoms with Gasteiger partial charge in [0.1, 0.15) is 0 Å². The molecule has 1 aromatic carbocycles. The second-order valence-electron chi connectivity index (χ2n) is 5.87. The first-order valence-corrected chi connectivity index (χ1v) is 6.52. The van der Waals surface area contributed by atoms with Crippen LogP contribution in [-0.2, 0) is 11.3 Å². The number of rotatable bonds is 3. The normalized spacial score (nSPS) is 20.4. The van der Waals surface area contributed by atoms with Gasteiger partial charge in [-0.3, -0.25) is 0 Å². The lowest BCUT2D eigenvalue weighted by Gasteiger charge is -2.34. The van der Waals surface area contributed by atoms with Crippen LogP contribution in [0.4, 0.5) is 5.69 Å². The highest BCUT2D eigenvalue weighted by molar-refractivity contribution is 5.45. The van der Waals surface area contributed by atoms with E-state index in [1.165, 1.54) is 25.7 Å². The predicted molar refractivity (Wildman–Crippen MR) is 71.7 cm³/mol. The van der Waals surface area contributed by atoms with Crippen LogP contribution in [-0.4, -0.2) is 6.10 Å². The SMILES string of the molecule is CC1(C)CCC(OCc2ccccc2N)CC1. The zero-order valence-corrected chi connectivity index (χ0v) is 10.9. The molecule has 94 valence electrons. The van der Waals surface area contributed by atoms with E-state index in [0.29, 0.717) is 18.1 Å². The first kappa shape index (κ1) is 12.4. The van der Waals surface area contributed by atoms with E-state index in [-0.39, 0.29) is 0 Å². The summed E-state index contributed by atoms with van der Waals surface area (Å²) >= 11 is 0. The van der Waals surface area contributed by atoms with Crippen molar-refractivity contribution in [3.8, 4) is 0 Å². The van der Waals surface area contributed by atoms with Crippen molar-refractivity contribution in [2.75, 3.05) is 5.73 Å². The molecule has 17 heavy (non-hydrogen) atoms. The lowest BCUT2D eigenvalue weighted by atomic mass is 9.76. The quantitative estimate of drug-likeness (QED) is 0.807. The lowest BCUT2D eigenvalue weighted by Crippen LogP contribution is -2.26. The highest BCUT2D eigenvalue weighted by Crippen LogP contribution is 2.36. The molecule has 1 aliphatic rings. The van der Waals surface area contributed by atoms with Gasteiger partial charge in [-0.25, -0.2) is 0 Å². The number of hydrogen-bond acceptors (Lipinski definition) is 2. The summed E-state index contributed by atoms with van der Waals surface area (Å²) in [5.74, 6) is 0. The maximum absolute atomic E-state index is 5.96. The molecule has 1 fully saturated rings. The zero-order valence-electron chi connectivity index (χ0n) is 10.9. The Morgan fingerprint density at radius 1 is 1.24 bits per heavy atom. The minimum absolute atomic E-state index is 0.419. The van der Waals surface area contributed by atoms with Crippen molar-refractivity contribution in [1.82, 2.24) is 0 Å². The number of para-hydroxylation sites is 1. The molecular formula is C15H23NO. The Morgan fingerprint density at radius 3 is 2.53 bits per heavy atom. The van der Waals surface area contributed by atoms with E-state index in [1.807, 2.05) is 24.3 Å². The van der Waals surface area contributed by atoms with Crippen LogP contribution >= 0.6 is 0 Å². The predicted octanol–water partition coefficient (Wildman–Crippen LogP) is 3.75. The minimum atomic E-state index is 0.419. The average Bonchev–Trinajstić information content (AvgIpc) is 2.30. The van der Waals surface area contributed by atoms with Crippen molar-refractivity contribution in [3.05, 3.63) is 29.8 Å². The van der Waals surface area contributed by atoms with E-state index in [0.717, 1.165) is 11.3 Å². The van der Waals surface area contributed by atoms with Crippen LogP contribution < -0.4 is 5.73 Å². The maximum Gasteiger partial charge on any atom is 0.0740 e. The van der Waals surface area contributed by atoms with E-state index in [9.17, 15) is 0 Å². The molecule has 2 nitrogen and oxygen atoms in total. The molecule has 0 atom stereocenters. The average molecular weight is 233 g/mol. The third kappa shape index (κ3) is 3.47. The fraction of sp³-hybridized carbons (Fsp3) is 0.600. The summed E-state index contributed by atoms with van der Waals surface area (Å²) in [7, 11) is 0. The summed E-state index contributed by atoms with van der Waals surface area (Å²) in [5.41, 5.74) is 8.35. The van der Waals surface area contributed by atoms with Gasteiger partial charge in [0.15, 0.2) is 0 Å². The third-order valence-corrected chi connectivity index (χ3v) is 3.82. The molecule has 0 saturated heterocycles. The van der Waals surface area contributed by atoms with Crippen LogP contribution in [0.1, 0.15) is 45.1 Å². The molecule has 1 aliphatic carbocycles. The van der Waals surface area contributed by atoms with Crippen molar-refractivity contribution in [1.29, 1.82) is 0 Å². The summed E-state index contributed by atoms with van der Waals surface area (Å²) in [6, 6.07) is 7.95. The molecule has 2 N–H and O–H groups in total. The molecule has 1 saturated carbocycles. The van der Waals surface area contributed by atoms with Gasteiger partial charge in [-0.15, -0.1) is 0 Å². The van der Waals surface area contributed by atoms with Crippen LogP contribution in [0.2, 0.25) is 0 Å². The van der Waals surface area contributed by atoms with E-state index < -0.39 is 0 Å². The van der Waals surface area contributed by atoms with E-state index >= 15 is 0 Å². The van der Waals surface area contributed by atoms with Crippen LogP contribution in [0.25, 0.3) is 0 Å². The van der Waals surface area contributed by atoms with Crippen LogP contribution in [0, 0.1) is 5.41 Å². The largest absolute Gasteiger partial charge is 0.398 e. The topological polar surface area (TPSA) is 35.2 Å². The van der Waals surface area contributed by atoms with Gasteiger partial charge >= 0.3 is 0 Å². The summed E-state index contributed by atoms with van der Waals surface area (Å²) in [5, 5.41) is 0. The Kier molecular flexibility index (Phi) is 3.72. The molecule has 0 bridgehead atoms. The van der Waals surface area contributed by atoms with Crippen molar-refractivity contribution in [2.45, 2.75) is 52.2 Å². The zero-order chi connectivity index (χ0) is 12.3. The molecule has 2 heteroatoms. The molecule has 2 rings (SSSR count). The van der Waals surface area contributed by atoms with Crippen LogP contribution in [0.15, 0.2) is 24.3 Å². The van der Waals surface area contributed by atoms with Gasteiger partial charge in [0.2, 0.25) is 0 Å². The third-order valence-electron chi connectivity index (χ3n) is 3.82. The number of nitrogens with two attached hydrogens (primary N) is 1. The molecule has 0 unspecified atom stereocenters. The van der Waals surface area contributed by atoms with Crippen molar-refractivity contribution >= 4 is 5.69 Å². The van der Waals surface area contributed by atoms with Gasteiger partial charge in [-0.1, -0.05) is 32.0 Å². The Morgan fingerprint density at radius 2 is 1.88 bits per heavy atom. The van der Waals surface area contributed by atoms with Crippen LogP contribution in [0.3, 0.4) is 0 Å². The van der Waals surface area contributed by atoms with Crippen molar-refractivity contribution in [2.24, 2.45) is 5.41 Å². The lowest BCUT2D eigenvalue weighted by molar-refractivity contribution is -0.00536. The highest BCUT2D eigenvalue weighted by atomic mass is 16.5. The smallest absolute Gasteiger partial charge is 0.0740 e. The Balaban J connectivity index is 1.82. The van der Waals surface area contributed by atoms with E-state index in [2.05, 4.69) is 13.8 Å². The number of hydrogen-bond donors (Lipinski definition) is 1. The minimum Gasteiger partial charge on any atom is -0.398 e. The first-order valence-electron chi connectivity index (χ1n) is 6.52. The molecule has 0 aromatic heterocycles. The molecule has 0 spiro atoms. The molecule has 0 radical (unpaired) electrons. The molecule has 0 heterocycles. The summed E-state index contributed by atoms with van der Waals surface area (Å²) in [6.45, 7) is 5.34. The molecule has 1 aromatic rings. The van der Waals surface area contributed by atoms with E-state index in [4.69, 9.17) is 10.5 Å². The standard InChI is InChI=1S/C15H23NO/c1-15(2)9-7-13(8-10-15)17-11-12-5-3-4-6-14(12)16/h3-6,13H,7-11,16H2,1-2H3. The van der Waals surface area contributed by atoms with Gasteiger partial charge in [0, 0.05) is 11.3 Å². The fourth-order valence-electron chi connectivity index (χ4n) is 2.41. The summed E-state index contributed by atoms with van der Waals surface area (Å²) in [4.78, 5) is 0. The fourth-order valence-corrected chi connectivity index (χ4v) is 2.41. The Bertz CT molecular complexity index is 363. The number of benzene rings is 1. The van der Waals surface area contributed by atoms with Gasteiger partial charge in [0.25, 0.3) is 0 Å². The number of anilines is 1. The summed E-state index contributed by atoms with van der Waals surface area (Å²) < 4.78 is 5.96. The molecular weight excluding hydrogens is 210 g/mol. The maximum atomic E-state index is 5.96. The van der Waals surface area contributed by atoms with Gasteiger partial charge < -0.3 is 10.5 Å². The van der Waals surface area contributed by atoms with Gasteiger partial charge in [-0.2, -0.15) is 0 Å². The Labute approximate surface area is 104 Å². The van der Waals surface area contributed by atoms with Crippen molar-refractivity contribution in [3.63, 3.8) is 0 Å². The van der Waals surface area contributed by atoms with Crippen molar-refractivity contribution < 1.29 is 4.74 Å². The monoisotopic (exact) mass is 233 g/mol.